The van der Waals surface area contributed by atoms with Crippen molar-refractivity contribution in [3.8, 4) is 0 Å². The molecule has 120 valence electrons. The number of aromatic nitrogens is 2. The van der Waals surface area contributed by atoms with Crippen LogP contribution in [0.15, 0.2) is 38.7 Å². The highest BCUT2D eigenvalue weighted by molar-refractivity contribution is 9.10. The molecule has 1 unspecified atom stereocenters. The van der Waals surface area contributed by atoms with Gasteiger partial charge in [-0.1, -0.05) is 33.8 Å². The summed E-state index contributed by atoms with van der Waals surface area (Å²) in [5.74, 6) is 1.33. The highest BCUT2D eigenvalue weighted by Gasteiger charge is 2.21. The molecule has 2 heterocycles. The number of rotatable bonds is 4. The van der Waals surface area contributed by atoms with Crippen LogP contribution in [0.1, 0.15) is 18.2 Å². The number of nitrogens with zero attached hydrogens (tertiary/aromatic N) is 1. The molecule has 0 spiro atoms. The first-order valence-electron chi connectivity index (χ1n) is 6.96. The number of aromatic amines is 1. The van der Waals surface area contributed by atoms with Crippen molar-refractivity contribution in [3.05, 3.63) is 50.3 Å². The van der Waals surface area contributed by atoms with Gasteiger partial charge in [-0.15, -0.1) is 0 Å². The average molecular weight is 412 g/mol. The summed E-state index contributed by atoms with van der Waals surface area (Å²) in [6.45, 7) is 1.79. The predicted octanol–water partition coefficient (Wildman–Crippen LogP) is 3.40. The van der Waals surface area contributed by atoms with Gasteiger partial charge in [0.25, 0.3) is 5.56 Å². The number of nitrogens with one attached hydrogen (secondary N) is 2. The Morgan fingerprint density at radius 2 is 2.30 bits per heavy atom. The van der Waals surface area contributed by atoms with E-state index in [1.165, 1.54) is 11.8 Å². The van der Waals surface area contributed by atoms with Gasteiger partial charge in [-0.05, 0) is 25.1 Å². The summed E-state index contributed by atoms with van der Waals surface area (Å²) >= 11 is 6.31. The van der Waals surface area contributed by atoms with Gasteiger partial charge >= 0.3 is 0 Å². The summed E-state index contributed by atoms with van der Waals surface area (Å²) in [5.41, 5.74) is 2.22. The summed E-state index contributed by atoms with van der Waals surface area (Å²) in [6, 6.07) is 7.41. The van der Waals surface area contributed by atoms with Crippen LogP contribution >= 0.6 is 39.5 Å². The van der Waals surface area contributed by atoms with E-state index >= 15 is 0 Å². The fourth-order valence-corrected chi connectivity index (χ4v) is 4.38. The number of anilines is 1. The maximum absolute atomic E-state index is 12.3. The van der Waals surface area contributed by atoms with Crippen LogP contribution in [-0.4, -0.2) is 21.1 Å². The molecule has 0 fully saturated rings. The Morgan fingerprint density at radius 1 is 1.48 bits per heavy atom. The summed E-state index contributed by atoms with van der Waals surface area (Å²) in [4.78, 5) is 31.5. The SMILES string of the molecule is CC(Sc1nc2c(c(=O)[nH]1)CSC2)C(=O)Nc1cccc(Br)c1. The molecule has 0 saturated carbocycles. The first kappa shape index (κ1) is 16.6. The topological polar surface area (TPSA) is 74.8 Å². The Balaban J connectivity index is 1.69. The van der Waals surface area contributed by atoms with Crippen molar-refractivity contribution < 1.29 is 4.79 Å². The fourth-order valence-electron chi connectivity index (χ4n) is 2.13. The number of hydrogen-bond acceptors (Lipinski definition) is 5. The van der Waals surface area contributed by atoms with Crippen molar-refractivity contribution >= 4 is 51.0 Å². The van der Waals surface area contributed by atoms with Gasteiger partial charge in [0.1, 0.15) is 0 Å². The van der Waals surface area contributed by atoms with Gasteiger partial charge in [0.2, 0.25) is 5.91 Å². The number of H-pyrrole nitrogens is 1. The smallest absolute Gasteiger partial charge is 0.255 e. The minimum atomic E-state index is -0.371. The minimum absolute atomic E-state index is 0.0953. The Labute approximate surface area is 150 Å². The van der Waals surface area contributed by atoms with Crippen LogP contribution in [0.5, 0.6) is 0 Å². The molecule has 2 N–H and O–H groups in total. The molecule has 3 rings (SSSR count). The van der Waals surface area contributed by atoms with Crippen LogP contribution < -0.4 is 10.9 Å². The van der Waals surface area contributed by atoms with Crippen molar-refractivity contribution in [2.45, 2.75) is 28.8 Å². The lowest BCUT2D eigenvalue weighted by atomic mass is 10.3. The van der Waals surface area contributed by atoms with Crippen LogP contribution in [0.4, 0.5) is 5.69 Å². The van der Waals surface area contributed by atoms with E-state index in [9.17, 15) is 9.59 Å². The molecule has 1 aromatic heterocycles. The minimum Gasteiger partial charge on any atom is -0.325 e. The molecule has 0 aliphatic carbocycles. The third-order valence-electron chi connectivity index (χ3n) is 3.31. The van der Waals surface area contributed by atoms with Gasteiger partial charge in [0.15, 0.2) is 5.16 Å². The zero-order chi connectivity index (χ0) is 16.4. The second-order valence-electron chi connectivity index (χ2n) is 5.05. The number of fused-ring (bicyclic) bond motifs is 1. The van der Waals surface area contributed by atoms with E-state index < -0.39 is 0 Å². The van der Waals surface area contributed by atoms with Crippen LogP contribution in [0.2, 0.25) is 0 Å². The molecule has 8 heteroatoms. The normalized spacial score (nSPS) is 14.3. The summed E-state index contributed by atoms with van der Waals surface area (Å²) in [5, 5.41) is 2.98. The molecular formula is C15H14BrN3O2S2. The van der Waals surface area contributed by atoms with Crippen molar-refractivity contribution in [1.29, 1.82) is 0 Å². The van der Waals surface area contributed by atoms with E-state index in [-0.39, 0.29) is 16.7 Å². The van der Waals surface area contributed by atoms with Crippen LogP contribution in [0, 0.1) is 0 Å². The quantitative estimate of drug-likeness (QED) is 0.595. The molecular weight excluding hydrogens is 398 g/mol. The van der Waals surface area contributed by atoms with Crippen molar-refractivity contribution in [2.75, 3.05) is 5.32 Å². The largest absolute Gasteiger partial charge is 0.325 e. The van der Waals surface area contributed by atoms with Gasteiger partial charge < -0.3 is 10.3 Å². The van der Waals surface area contributed by atoms with Gasteiger partial charge in [-0.2, -0.15) is 11.8 Å². The standard InChI is InChI=1S/C15H14BrN3O2S2/c1-8(13(20)17-10-4-2-3-9(16)5-10)23-15-18-12-7-22-6-11(12)14(21)19-15/h2-5,8H,6-7H2,1H3,(H,17,20)(H,18,19,21). The van der Waals surface area contributed by atoms with E-state index in [1.54, 1.807) is 18.7 Å². The second kappa shape index (κ2) is 7.11. The number of carbonyl (C=O) groups excluding carboxylic acids is 1. The zero-order valence-corrected chi connectivity index (χ0v) is 15.5. The number of benzene rings is 1. The van der Waals surface area contributed by atoms with E-state index in [2.05, 4.69) is 31.2 Å². The molecule has 23 heavy (non-hydrogen) atoms. The fraction of sp³-hybridized carbons (Fsp3) is 0.267. The van der Waals surface area contributed by atoms with Gasteiger partial charge in [-0.25, -0.2) is 4.98 Å². The van der Waals surface area contributed by atoms with E-state index in [0.29, 0.717) is 10.9 Å². The molecule has 1 atom stereocenters. The number of thioether (sulfide) groups is 2. The Morgan fingerprint density at radius 3 is 3.09 bits per heavy atom. The number of amides is 1. The predicted molar refractivity (Wildman–Crippen MR) is 97.9 cm³/mol. The zero-order valence-electron chi connectivity index (χ0n) is 12.3. The number of hydrogen-bond donors (Lipinski definition) is 2. The lowest BCUT2D eigenvalue weighted by Crippen LogP contribution is -2.23. The molecule has 1 aromatic carbocycles. The van der Waals surface area contributed by atoms with Crippen molar-refractivity contribution in [1.82, 2.24) is 9.97 Å². The Kier molecular flexibility index (Phi) is 5.13. The monoisotopic (exact) mass is 411 g/mol. The van der Waals surface area contributed by atoms with Crippen LogP contribution in [0.3, 0.4) is 0 Å². The molecule has 1 aliphatic heterocycles. The second-order valence-corrected chi connectivity index (χ2v) is 8.28. The van der Waals surface area contributed by atoms with Crippen LogP contribution in [-0.2, 0) is 16.3 Å². The number of carbonyl (C=O) groups is 1. The Hall–Kier alpha value is -1.25. The lowest BCUT2D eigenvalue weighted by Gasteiger charge is -2.12. The molecule has 1 aliphatic rings. The first-order chi connectivity index (χ1) is 11.0. The van der Waals surface area contributed by atoms with Gasteiger partial charge in [0, 0.05) is 27.2 Å². The highest BCUT2D eigenvalue weighted by atomic mass is 79.9. The van der Waals surface area contributed by atoms with E-state index in [4.69, 9.17) is 0 Å². The summed E-state index contributed by atoms with van der Waals surface area (Å²) in [6.07, 6.45) is 0. The number of halogens is 1. The third kappa shape index (κ3) is 3.99. The summed E-state index contributed by atoms with van der Waals surface area (Å²) < 4.78 is 0.901. The maximum Gasteiger partial charge on any atom is 0.255 e. The van der Waals surface area contributed by atoms with Crippen molar-refractivity contribution in [3.63, 3.8) is 0 Å². The van der Waals surface area contributed by atoms with Gasteiger partial charge in [-0.3, -0.25) is 9.59 Å². The maximum atomic E-state index is 12.3. The lowest BCUT2D eigenvalue weighted by molar-refractivity contribution is -0.115. The molecule has 2 aromatic rings. The Bertz CT molecular complexity index is 810. The molecule has 1 amide bonds. The molecule has 0 saturated heterocycles. The van der Waals surface area contributed by atoms with E-state index in [0.717, 1.165) is 27.2 Å². The molecule has 0 bridgehead atoms. The third-order valence-corrected chi connectivity index (χ3v) is 5.76. The van der Waals surface area contributed by atoms with Crippen molar-refractivity contribution in [2.24, 2.45) is 0 Å². The molecule has 0 radical (unpaired) electrons. The highest BCUT2D eigenvalue weighted by Crippen LogP contribution is 2.28. The van der Waals surface area contributed by atoms with E-state index in [1.807, 2.05) is 24.3 Å². The summed E-state index contributed by atoms with van der Waals surface area (Å²) in [7, 11) is 0. The first-order valence-corrected chi connectivity index (χ1v) is 9.78. The van der Waals surface area contributed by atoms with Crippen LogP contribution in [0.25, 0.3) is 0 Å². The molecule has 5 nitrogen and oxygen atoms in total. The average Bonchev–Trinajstić information content (AvgIpc) is 2.96. The van der Waals surface area contributed by atoms with Gasteiger partial charge in [0.05, 0.1) is 10.9 Å².